The number of anilines is 2. The number of benzene rings is 2. The monoisotopic (exact) mass is 443 g/mol. The van der Waals surface area contributed by atoms with Crippen LogP contribution in [0.25, 0.3) is 5.69 Å². The van der Waals surface area contributed by atoms with Gasteiger partial charge < -0.3 is 21.5 Å². The van der Waals surface area contributed by atoms with Gasteiger partial charge in [0, 0.05) is 12.2 Å². The zero-order valence-corrected chi connectivity index (χ0v) is 16.8. The van der Waals surface area contributed by atoms with Crippen LogP contribution in [0.3, 0.4) is 0 Å². The standard InChI is InChI=1S/C21H20F3N7O/c22-21(23,24)32-16-10-8-14(9-11-16)29-20(27)28-12-4-7-18-17(13-25)19(26)31(30-18)15-5-2-1-3-6-15/h1-3,5-6,8-11H,4,7,12,26H2,(H3,27,28,29). The van der Waals surface area contributed by atoms with Crippen molar-refractivity contribution in [1.82, 2.24) is 9.78 Å². The lowest BCUT2D eigenvalue weighted by Gasteiger charge is -2.10. The number of para-hydroxylation sites is 1. The van der Waals surface area contributed by atoms with Crippen molar-refractivity contribution < 1.29 is 17.9 Å². The van der Waals surface area contributed by atoms with E-state index in [4.69, 9.17) is 11.5 Å². The van der Waals surface area contributed by atoms with E-state index >= 15 is 0 Å². The first kappa shape index (κ1) is 22.5. The summed E-state index contributed by atoms with van der Waals surface area (Å²) in [5.41, 5.74) is 14.0. The number of aryl methyl sites for hydroxylation is 1. The summed E-state index contributed by atoms with van der Waals surface area (Å²) in [4.78, 5) is 4.18. The molecule has 8 nitrogen and oxygen atoms in total. The first-order chi connectivity index (χ1) is 15.3. The van der Waals surface area contributed by atoms with E-state index in [0.717, 1.165) is 5.69 Å². The highest BCUT2D eigenvalue weighted by Crippen LogP contribution is 2.24. The van der Waals surface area contributed by atoms with Crippen LogP contribution < -0.4 is 21.5 Å². The summed E-state index contributed by atoms with van der Waals surface area (Å²) in [6.07, 6.45) is -3.73. The molecule has 1 heterocycles. The lowest BCUT2D eigenvalue weighted by atomic mass is 10.1. The third-order valence-electron chi connectivity index (χ3n) is 4.32. The van der Waals surface area contributed by atoms with Crippen molar-refractivity contribution in [2.45, 2.75) is 19.2 Å². The number of nitrogens with one attached hydrogen (secondary N) is 1. The second-order valence-electron chi connectivity index (χ2n) is 6.63. The summed E-state index contributed by atoms with van der Waals surface area (Å²) >= 11 is 0. The van der Waals surface area contributed by atoms with Crippen LogP contribution in [0.2, 0.25) is 0 Å². The zero-order valence-electron chi connectivity index (χ0n) is 16.8. The highest BCUT2D eigenvalue weighted by Gasteiger charge is 2.30. The number of ether oxygens (including phenoxy) is 1. The Hall–Kier alpha value is -4.20. The van der Waals surface area contributed by atoms with Crippen LogP contribution in [0.15, 0.2) is 59.6 Å². The molecular weight excluding hydrogens is 423 g/mol. The summed E-state index contributed by atoms with van der Waals surface area (Å²) in [6, 6.07) is 16.5. The number of alkyl halides is 3. The summed E-state index contributed by atoms with van der Waals surface area (Å²) < 4.78 is 41.9. The number of nitrogens with two attached hydrogens (primary N) is 2. The van der Waals surface area contributed by atoms with Gasteiger partial charge in [0.05, 0.1) is 11.4 Å². The molecule has 0 aliphatic carbocycles. The van der Waals surface area contributed by atoms with Gasteiger partial charge in [-0.1, -0.05) is 18.2 Å². The van der Waals surface area contributed by atoms with E-state index in [9.17, 15) is 18.4 Å². The number of hydrogen-bond donors (Lipinski definition) is 3. The van der Waals surface area contributed by atoms with Gasteiger partial charge in [0.1, 0.15) is 23.2 Å². The molecule has 0 saturated carbocycles. The second-order valence-corrected chi connectivity index (χ2v) is 6.63. The molecule has 3 rings (SSSR count). The molecule has 0 bridgehead atoms. The van der Waals surface area contributed by atoms with E-state index in [1.54, 1.807) is 0 Å². The Morgan fingerprint density at radius 1 is 1.16 bits per heavy atom. The van der Waals surface area contributed by atoms with Gasteiger partial charge in [0.15, 0.2) is 5.96 Å². The molecule has 0 unspecified atom stereocenters. The Bertz CT molecular complexity index is 1120. The Morgan fingerprint density at radius 2 is 1.84 bits per heavy atom. The first-order valence-corrected chi connectivity index (χ1v) is 9.52. The molecule has 0 saturated heterocycles. The summed E-state index contributed by atoms with van der Waals surface area (Å²) in [5, 5.41) is 16.7. The highest BCUT2D eigenvalue weighted by molar-refractivity contribution is 5.92. The quantitative estimate of drug-likeness (QED) is 0.291. The van der Waals surface area contributed by atoms with E-state index in [2.05, 4.69) is 26.2 Å². The Balaban J connectivity index is 1.56. The molecule has 0 aliphatic heterocycles. The van der Waals surface area contributed by atoms with Gasteiger partial charge in [-0.25, -0.2) is 4.68 Å². The van der Waals surface area contributed by atoms with E-state index < -0.39 is 6.36 Å². The van der Waals surface area contributed by atoms with Gasteiger partial charge in [0.2, 0.25) is 0 Å². The van der Waals surface area contributed by atoms with Crippen LogP contribution in [-0.4, -0.2) is 28.6 Å². The third-order valence-corrected chi connectivity index (χ3v) is 4.32. The summed E-state index contributed by atoms with van der Waals surface area (Å²) in [7, 11) is 0. The predicted octanol–water partition coefficient (Wildman–Crippen LogP) is 3.58. The zero-order chi connectivity index (χ0) is 23.1. The molecule has 1 aromatic heterocycles. The SMILES string of the molecule is N#Cc1c(CCCN=C(N)Nc2ccc(OC(F)(F)F)cc2)nn(-c2ccccc2)c1N. The maximum Gasteiger partial charge on any atom is 0.573 e. The molecule has 166 valence electrons. The number of rotatable bonds is 7. The van der Waals surface area contributed by atoms with Crippen molar-refractivity contribution in [3.05, 3.63) is 65.9 Å². The van der Waals surface area contributed by atoms with Crippen LogP contribution >= 0.6 is 0 Å². The number of hydrogen-bond acceptors (Lipinski definition) is 5. The van der Waals surface area contributed by atoms with Crippen molar-refractivity contribution in [2.75, 3.05) is 17.6 Å². The minimum Gasteiger partial charge on any atom is -0.406 e. The minimum atomic E-state index is -4.75. The lowest BCUT2D eigenvalue weighted by Crippen LogP contribution is -2.23. The molecule has 3 aromatic rings. The minimum absolute atomic E-state index is 0.101. The molecule has 0 atom stereocenters. The normalized spacial score (nSPS) is 11.8. The molecule has 32 heavy (non-hydrogen) atoms. The molecule has 2 aromatic carbocycles. The van der Waals surface area contributed by atoms with Crippen molar-refractivity contribution in [3.8, 4) is 17.5 Å². The number of aliphatic imine (C=N–C) groups is 1. The second kappa shape index (κ2) is 9.74. The van der Waals surface area contributed by atoms with Gasteiger partial charge in [-0.3, -0.25) is 4.99 Å². The number of nitrogens with zero attached hydrogens (tertiary/aromatic N) is 4. The van der Waals surface area contributed by atoms with Crippen LogP contribution in [-0.2, 0) is 6.42 Å². The molecule has 0 spiro atoms. The third kappa shape index (κ3) is 5.91. The molecule has 0 fully saturated rings. The van der Waals surface area contributed by atoms with Crippen LogP contribution in [0, 0.1) is 11.3 Å². The fraction of sp³-hybridized carbons (Fsp3) is 0.190. The van der Waals surface area contributed by atoms with Gasteiger partial charge in [-0.05, 0) is 49.2 Å². The maximum absolute atomic E-state index is 12.2. The summed E-state index contributed by atoms with van der Waals surface area (Å²) in [6.45, 7) is 0.344. The fourth-order valence-electron chi connectivity index (χ4n) is 2.91. The molecule has 0 aliphatic rings. The fourth-order valence-corrected chi connectivity index (χ4v) is 2.91. The van der Waals surface area contributed by atoms with E-state index in [1.165, 1.54) is 28.9 Å². The molecule has 11 heteroatoms. The van der Waals surface area contributed by atoms with Gasteiger partial charge in [-0.2, -0.15) is 10.4 Å². The Kier molecular flexibility index (Phi) is 6.84. The highest BCUT2D eigenvalue weighted by atomic mass is 19.4. The first-order valence-electron chi connectivity index (χ1n) is 9.52. The number of aromatic nitrogens is 2. The number of nitriles is 1. The smallest absolute Gasteiger partial charge is 0.406 e. The molecule has 0 amide bonds. The van der Waals surface area contributed by atoms with Crippen molar-refractivity contribution in [2.24, 2.45) is 10.7 Å². The molecular formula is C21H20F3N7O. The average molecular weight is 443 g/mol. The van der Waals surface area contributed by atoms with Gasteiger partial charge >= 0.3 is 6.36 Å². The largest absolute Gasteiger partial charge is 0.573 e. The topological polar surface area (TPSA) is 127 Å². The Morgan fingerprint density at radius 3 is 2.47 bits per heavy atom. The van der Waals surface area contributed by atoms with E-state index in [0.29, 0.717) is 36.3 Å². The number of halogens is 3. The van der Waals surface area contributed by atoms with Crippen LogP contribution in [0.1, 0.15) is 17.7 Å². The number of nitrogen functional groups attached to an aromatic ring is 1. The van der Waals surface area contributed by atoms with Crippen molar-refractivity contribution >= 4 is 17.5 Å². The van der Waals surface area contributed by atoms with Crippen LogP contribution in [0.4, 0.5) is 24.7 Å². The van der Waals surface area contributed by atoms with Crippen molar-refractivity contribution in [3.63, 3.8) is 0 Å². The maximum atomic E-state index is 12.2. The number of guanidine groups is 1. The average Bonchev–Trinajstić information content (AvgIpc) is 3.07. The van der Waals surface area contributed by atoms with Gasteiger partial charge in [0.25, 0.3) is 0 Å². The molecule has 5 N–H and O–H groups in total. The predicted molar refractivity (Wildman–Crippen MR) is 114 cm³/mol. The van der Waals surface area contributed by atoms with E-state index in [1.807, 2.05) is 30.3 Å². The Labute approximate surface area is 181 Å². The summed E-state index contributed by atoms with van der Waals surface area (Å²) in [5.74, 6) is 0.0433. The van der Waals surface area contributed by atoms with Crippen molar-refractivity contribution in [1.29, 1.82) is 5.26 Å². The van der Waals surface area contributed by atoms with E-state index in [-0.39, 0.29) is 17.5 Å². The lowest BCUT2D eigenvalue weighted by molar-refractivity contribution is -0.274. The molecule has 0 radical (unpaired) electrons. The van der Waals surface area contributed by atoms with Gasteiger partial charge in [-0.15, -0.1) is 13.2 Å². The van der Waals surface area contributed by atoms with Crippen LogP contribution in [0.5, 0.6) is 5.75 Å².